The van der Waals surface area contributed by atoms with Gasteiger partial charge in [-0.1, -0.05) is 12.2 Å². The van der Waals surface area contributed by atoms with Crippen LogP contribution in [0.1, 0.15) is 6.42 Å². The van der Waals surface area contributed by atoms with Crippen LogP contribution in [0.2, 0.25) is 0 Å². The molecule has 1 N–H and O–H groups in total. The number of aliphatic imine (C=N–C) groups is 1. The van der Waals surface area contributed by atoms with E-state index in [0.29, 0.717) is 0 Å². The predicted octanol–water partition coefficient (Wildman–Crippen LogP) is 0.764. The third-order valence-electron chi connectivity index (χ3n) is 2.34. The Morgan fingerprint density at radius 2 is 2.08 bits per heavy atom. The van der Waals surface area contributed by atoms with E-state index in [1.807, 2.05) is 12.3 Å². The normalized spacial score (nSPS) is 22.8. The molecule has 0 saturated carbocycles. The number of hydrogen-bond donors (Lipinski definition) is 1. The van der Waals surface area contributed by atoms with Gasteiger partial charge in [0.25, 0.3) is 0 Å². The van der Waals surface area contributed by atoms with Gasteiger partial charge in [-0.15, -0.1) is 0 Å². The van der Waals surface area contributed by atoms with Gasteiger partial charge in [-0.3, -0.25) is 0 Å². The first kappa shape index (κ1) is 8.51. The number of allylic oxidation sites excluding steroid dienone is 2. The average Bonchev–Trinajstić information content (AvgIpc) is 2.47. The van der Waals surface area contributed by atoms with Crippen molar-refractivity contribution in [2.45, 2.75) is 6.42 Å². The molecule has 2 heterocycles. The van der Waals surface area contributed by atoms with Gasteiger partial charge in [0.15, 0.2) is 0 Å². The summed E-state index contributed by atoms with van der Waals surface area (Å²) in [4.78, 5) is 6.78. The lowest BCUT2D eigenvalue weighted by Gasteiger charge is -2.29. The predicted molar refractivity (Wildman–Crippen MR) is 54.8 cm³/mol. The van der Waals surface area contributed by atoms with Gasteiger partial charge in [0.2, 0.25) is 0 Å². The van der Waals surface area contributed by atoms with Crippen LogP contribution in [-0.2, 0) is 0 Å². The van der Waals surface area contributed by atoms with E-state index in [1.165, 1.54) is 5.84 Å². The molecule has 0 aromatic carbocycles. The smallest absolute Gasteiger partial charge is 0.108 e. The Kier molecular flexibility index (Phi) is 2.77. The first-order valence-corrected chi connectivity index (χ1v) is 4.81. The van der Waals surface area contributed by atoms with E-state index in [4.69, 9.17) is 0 Å². The standard InChI is InChI=1S/C10H15N3/c1-2-4-10(12-5-3-1)13-8-6-11-7-9-13/h1-3,5,11H,4,6-9H2. The molecule has 2 rings (SSSR count). The van der Waals surface area contributed by atoms with Gasteiger partial charge in [0.1, 0.15) is 5.84 Å². The number of rotatable bonds is 0. The quantitative estimate of drug-likeness (QED) is 0.591. The minimum Gasteiger partial charge on any atom is -0.357 e. The lowest BCUT2D eigenvalue weighted by Crippen LogP contribution is -2.46. The van der Waals surface area contributed by atoms with Gasteiger partial charge in [0.05, 0.1) is 0 Å². The molecule has 2 aliphatic heterocycles. The number of nitrogens with one attached hydrogen (secondary N) is 1. The van der Waals surface area contributed by atoms with Crippen molar-refractivity contribution in [3.63, 3.8) is 0 Å². The van der Waals surface area contributed by atoms with E-state index in [-0.39, 0.29) is 0 Å². The van der Waals surface area contributed by atoms with Crippen LogP contribution in [0, 0.1) is 0 Å². The maximum absolute atomic E-state index is 4.42. The highest BCUT2D eigenvalue weighted by Crippen LogP contribution is 2.03. The van der Waals surface area contributed by atoms with Crippen LogP contribution in [0.5, 0.6) is 0 Å². The average molecular weight is 177 g/mol. The number of piperazine rings is 1. The van der Waals surface area contributed by atoms with E-state index in [2.05, 4.69) is 27.4 Å². The minimum absolute atomic E-state index is 0.965. The molecule has 0 aromatic rings. The highest BCUT2D eigenvalue weighted by molar-refractivity contribution is 5.84. The van der Waals surface area contributed by atoms with E-state index in [9.17, 15) is 0 Å². The fraction of sp³-hybridized carbons (Fsp3) is 0.500. The highest BCUT2D eigenvalue weighted by Gasteiger charge is 2.12. The lowest BCUT2D eigenvalue weighted by atomic mass is 10.3. The van der Waals surface area contributed by atoms with E-state index in [0.717, 1.165) is 32.6 Å². The van der Waals surface area contributed by atoms with Crippen LogP contribution in [0.4, 0.5) is 0 Å². The molecule has 0 amide bonds. The van der Waals surface area contributed by atoms with Crippen molar-refractivity contribution >= 4 is 5.84 Å². The van der Waals surface area contributed by atoms with Gasteiger partial charge < -0.3 is 10.2 Å². The summed E-state index contributed by atoms with van der Waals surface area (Å²) in [6, 6.07) is 0. The first-order chi connectivity index (χ1) is 6.47. The summed E-state index contributed by atoms with van der Waals surface area (Å²) in [5.41, 5.74) is 0. The van der Waals surface area contributed by atoms with Gasteiger partial charge in [-0.05, 0) is 6.08 Å². The monoisotopic (exact) mass is 177 g/mol. The third-order valence-corrected chi connectivity index (χ3v) is 2.34. The summed E-state index contributed by atoms with van der Waals surface area (Å²) < 4.78 is 0. The maximum atomic E-state index is 4.42. The molecule has 3 heteroatoms. The Morgan fingerprint density at radius 1 is 1.23 bits per heavy atom. The molecular formula is C10H15N3. The van der Waals surface area contributed by atoms with Crippen molar-refractivity contribution in [3.05, 3.63) is 24.4 Å². The van der Waals surface area contributed by atoms with Crippen LogP contribution in [0.25, 0.3) is 0 Å². The molecule has 1 fully saturated rings. The Morgan fingerprint density at radius 3 is 2.92 bits per heavy atom. The van der Waals surface area contributed by atoms with Crippen LogP contribution < -0.4 is 5.32 Å². The van der Waals surface area contributed by atoms with Crippen molar-refractivity contribution in [2.75, 3.05) is 26.2 Å². The molecule has 1 saturated heterocycles. The fourth-order valence-corrected chi connectivity index (χ4v) is 1.62. The zero-order valence-electron chi connectivity index (χ0n) is 7.74. The van der Waals surface area contributed by atoms with Crippen LogP contribution in [0.15, 0.2) is 29.4 Å². The molecule has 13 heavy (non-hydrogen) atoms. The Hall–Kier alpha value is -1.09. The Bertz CT molecular complexity index is 247. The second-order valence-corrected chi connectivity index (χ2v) is 3.26. The summed E-state index contributed by atoms with van der Waals surface area (Å²) >= 11 is 0. The number of nitrogens with zero attached hydrogens (tertiary/aromatic N) is 2. The van der Waals surface area contributed by atoms with E-state index in [1.54, 1.807) is 0 Å². The Balaban J connectivity index is 2.01. The van der Waals surface area contributed by atoms with Gasteiger partial charge >= 0.3 is 0 Å². The summed E-state index contributed by atoms with van der Waals surface area (Å²) in [6.45, 7) is 4.32. The summed E-state index contributed by atoms with van der Waals surface area (Å²) in [7, 11) is 0. The van der Waals surface area contributed by atoms with E-state index < -0.39 is 0 Å². The molecule has 2 aliphatic rings. The molecule has 0 atom stereocenters. The van der Waals surface area contributed by atoms with E-state index >= 15 is 0 Å². The third kappa shape index (κ3) is 2.18. The molecule has 0 spiro atoms. The minimum atomic E-state index is 0.965. The largest absolute Gasteiger partial charge is 0.357 e. The highest BCUT2D eigenvalue weighted by atomic mass is 15.2. The topological polar surface area (TPSA) is 27.6 Å². The summed E-state index contributed by atoms with van der Waals surface area (Å²) in [5.74, 6) is 1.20. The molecule has 70 valence electrons. The molecule has 0 bridgehead atoms. The zero-order chi connectivity index (χ0) is 8.93. The summed E-state index contributed by atoms with van der Waals surface area (Å²) in [5, 5.41) is 3.34. The van der Waals surface area contributed by atoms with Crippen LogP contribution in [-0.4, -0.2) is 36.9 Å². The van der Waals surface area contributed by atoms with Crippen LogP contribution >= 0.6 is 0 Å². The van der Waals surface area contributed by atoms with Crippen molar-refractivity contribution in [3.8, 4) is 0 Å². The number of hydrogen-bond acceptors (Lipinski definition) is 3. The SMILES string of the molecule is C1=CCC(N2CCNCC2)=NC=C1. The lowest BCUT2D eigenvalue weighted by molar-refractivity contribution is 0.353. The second-order valence-electron chi connectivity index (χ2n) is 3.26. The Labute approximate surface area is 78.8 Å². The molecule has 0 aromatic heterocycles. The molecule has 0 radical (unpaired) electrons. The molecule has 3 nitrogen and oxygen atoms in total. The zero-order valence-corrected chi connectivity index (χ0v) is 7.74. The van der Waals surface area contributed by atoms with Crippen molar-refractivity contribution < 1.29 is 0 Å². The maximum Gasteiger partial charge on any atom is 0.108 e. The van der Waals surface area contributed by atoms with Crippen LogP contribution in [0.3, 0.4) is 0 Å². The molecular weight excluding hydrogens is 162 g/mol. The fourth-order valence-electron chi connectivity index (χ4n) is 1.62. The second kappa shape index (κ2) is 4.23. The van der Waals surface area contributed by atoms with Gasteiger partial charge in [-0.25, -0.2) is 4.99 Å². The molecule has 0 aliphatic carbocycles. The first-order valence-electron chi connectivity index (χ1n) is 4.81. The van der Waals surface area contributed by atoms with Crippen molar-refractivity contribution in [1.29, 1.82) is 0 Å². The van der Waals surface area contributed by atoms with Crippen molar-refractivity contribution in [1.82, 2.24) is 10.2 Å². The number of amidine groups is 1. The molecule has 0 unspecified atom stereocenters. The summed E-state index contributed by atoms with van der Waals surface area (Å²) in [6.07, 6.45) is 9.03. The van der Waals surface area contributed by atoms with Gasteiger partial charge in [0, 0.05) is 38.8 Å². The van der Waals surface area contributed by atoms with Crippen molar-refractivity contribution in [2.24, 2.45) is 4.99 Å². The van der Waals surface area contributed by atoms with Gasteiger partial charge in [-0.2, -0.15) is 0 Å².